The van der Waals surface area contributed by atoms with Gasteiger partial charge in [0, 0.05) is 16.6 Å². The van der Waals surface area contributed by atoms with Gasteiger partial charge in [-0.1, -0.05) is 27.5 Å². The lowest BCUT2D eigenvalue weighted by Crippen LogP contribution is -2.22. The van der Waals surface area contributed by atoms with Crippen molar-refractivity contribution in [3.63, 3.8) is 0 Å². The number of hydrogen-bond donors (Lipinski definition) is 0. The van der Waals surface area contributed by atoms with Crippen LogP contribution < -0.4 is 0 Å². The zero-order chi connectivity index (χ0) is 15.6. The van der Waals surface area contributed by atoms with E-state index in [1.807, 2.05) is 19.0 Å². The zero-order valence-electron chi connectivity index (χ0n) is 11.6. The Morgan fingerprint density at radius 3 is 2.71 bits per heavy atom. The van der Waals surface area contributed by atoms with Gasteiger partial charge < -0.3 is 4.90 Å². The van der Waals surface area contributed by atoms with Crippen LogP contribution in [0, 0.1) is 0 Å². The summed E-state index contributed by atoms with van der Waals surface area (Å²) >= 11 is 12.9. The van der Waals surface area contributed by atoms with Gasteiger partial charge in [0.25, 0.3) is 0 Å². The normalized spacial score (nSPS) is 11.1. The second-order valence-corrected chi connectivity index (χ2v) is 7.00. The van der Waals surface area contributed by atoms with Crippen LogP contribution in [0.15, 0.2) is 33.3 Å². The molecular weight excluding hydrogens is 421 g/mol. The highest BCUT2D eigenvalue weighted by molar-refractivity contribution is 9.10. The molecular formula is C14H14Br2ClN3O. The maximum atomic E-state index is 12.7. The number of carbonyl (C=O) groups excluding carboxylic acids is 1. The molecule has 0 N–H and O–H groups in total. The van der Waals surface area contributed by atoms with Crippen molar-refractivity contribution in [2.24, 2.45) is 0 Å². The SMILES string of the molecule is CN(C)CCn1ncc(Br)c1C(=O)c1ccc(Br)cc1Cl. The van der Waals surface area contributed by atoms with Crippen molar-refractivity contribution in [3.05, 3.63) is 49.6 Å². The number of hydrogen-bond acceptors (Lipinski definition) is 3. The van der Waals surface area contributed by atoms with E-state index in [9.17, 15) is 4.79 Å². The smallest absolute Gasteiger partial charge is 0.213 e. The van der Waals surface area contributed by atoms with E-state index in [4.69, 9.17) is 11.6 Å². The number of rotatable bonds is 5. The number of carbonyl (C=O) groups is 1. The molecule has 1 aromatic carbocycles. The van der Waals surface area contributed by atoms with E-state index in [0.717, 1.165) is 11.0 Å². The van der Waals surface area contributed by atoms with Crippen LogP contribution in [0.2, 0.25) is 5.02 Å². The molecule has 0 aliphatic carbocycles. The van der Waals surface area contributed by atoms with E-state index in [1.165, 1.54) is 0 Å². The van der Waals surface area contributed by atoms with Gasteiger partial charge in [0.05, 0.1) is 22.2 Å². The molecule has 0 atom stereocenters. The van der Waals surface area contributed by atoms with Crippen LogP contribution in [-0.2, 0) is 6.54 Å². The third-order valence-electron chi connectivity index (χ3n) is 2.94. The first-order valence-corrected chi connectivity index (χ1v) is 8.22. The summed E-state index contributed by atoms with van der Waals surface area (Å²) in [6.07, 6.45) is 1.63. The molecule has 0 saturated carbocycles. The Kier molecular flexibility index (Phi) is 5.60. The Hall–Kier alpha value is -0.690. The molecule has 1 heterocycles. The molecule has 0 unspecified atom stereocenters. The molecule has 0 radical (unpaired) electrons. The molecule has 0 fully saturated rings. The zero-order valence-corrected chi connectivity index (χ0v) is 15.5. The fourth-order valence-electron chi connectivity index (χ4n) is 1.85. The molecule has 2 aromatic rings. The van der Waals surface area contributed by atoms with Gasteiger partial charge in [-0.05, 0) is 48.2 Å². The third-order valence-corrected chi connectivity index (χ3v) is 4.33. The van der Waals surface area contributed by atoms with Crippen molar-refractivity contribution >= 4 is 49.2 Å². The van der Waals surface area contributed by atoms with Gasteiger partial charge >= 0.3 is 0 Å². The molecule has 0 saturated heterocycles. The largest absolute Gasteiger partial charge is 0.308 e. The number of aromatic nitrogens is 2. The highest BCUT2D eigenvalue weighted by Crippen LogP contribution is 2.26. The van der Waals surface area contributed by atoms with Crippen molar-refractivity contribution in [2.45, 2.75) is 6.54 Å². The van der Waals surface area contributed by atoms with E-state index in [2.05, 4.69) is 37.0 Å². The van der Waals surface area contributed by atoms with Gasteiger partial charge in [0.15, 0.2) is 0 Å². The Morgan fingerprint density at radius 1 is 1.38 bits per heavy atom. The Morgan fingerprint density at radius 2 is 2.10 bits per heavy atom. The molecule has 0 bridgehead atoms. The van der Waals surface area contributed by atoms with E-state index in [0.29, 0.717) is 27.3 Å². The molecule has 4 nitrogen and oxygen atoms in total. The summed E-state index contributed by atoms with van der Waals surface area (Å²) < 4.78 is 3.21. The van der Waals surface area contributed by atoms with Gasteiger partial charge in [-0.2, -0.15) is 5.10 Å². The summed E-state index contributed by atoms with van der Waals surface area (Å²) in [5.74, 6) is -0.143. The summed E-state index contributed by atoms with van der Waals surface area (Å²) in [4.78, 5) is 14.8. The van der Waals surface area contributed by atoms with Crippen LogP contribution in [0.4, 0.5) is 0 Å². The number of ketones is 1. The lowest BCUT2D eigenvalue weighted by molar-refractivity contribution is 0.102. The Bertz CT molecular complexity index is 670. The Labute approximate surface area is 145 Å². The Balaban J connectivity index is 2.36. The van der Waals surface area contributed by atoms with Crippen LogP contribution in [-0.4, -0.2) is 41.1 Å². The molecule has 1 aromatic heterocycles. The van der Waals surface area contributed by atoms with Crippen LogP contribution >= 0.6 is 43.5 Å². The first-order valence-electron chi connectivity index (χ1n) is 6.26. The van der Waals surface area contributed by atoms with Crippen molar-refractivity contribution in [1.82, 2.24) is 14.7 Å². The summed E-state index contributed by atoms with van der Waals surface area (Å²) in [5.41, 5.74) is 0.980. The monoisotopic (exact) mass is 433 g/mol. The van der Waals surface area contributed by atoms with Crippen molar-refractivity contribution in [1.29, 1.82) is 0 Å². The van der Waals surface area contributed by atoms with Gasteiger partial charge in [0.2, 0.25) is 5.78 Å². The van der Waals surface area contributed by atoms with Crippen LogP contribution in [0.1, 0.15) is 16.1 Å². The minimum atomic E-state index is -0.143. The highest BCUT2D eigenvalue weighted by Gasteiger charge is 2.21. The fourth-order valence-corrected chi connectivity index (χ4v) is 3.09. The lowest BCUT2D eigenvalue weighted by atomic mass is 10.1. The van der Waals surface area contributed by atoms with Crippen molar-refractivity contribution in [3.8, 4) is 0 Å². The van der Waals surface area contributed by atoms with Crippen LogP contribution in [0.25, 0.3) is 0 Å². The summed E-state index contributed by atoms with van der Waals surface area (Å²) in [5, 5.41) is 4.67. The third kappa shape index (κ3) is 3.94. The molecule has 7 heteroatoms. The van der Waals surface area contributed by atoms with Crippen LogP contribution in [0.5, 0.6) is 0 Å². The first-order chi connectivity index (χ1) is 9.90. The molecule has 21 heavy (non-hydrogen) atoms. The van der Waals surface area contributed by atoms with Crippen LogP contribution in [0.3, 0.4) is 0 Å². The molecule has 0 aliphatic heterocycles. The van der Waals surface area contributed by atoms with E-state index in [-0.39, 0.29) is 5.78 Å². The lowest BCUT2D eigenvalue weighted by Gasteiger charge is -2.12. The molecule has 0 aliphatic rings. The van der Waals surface area contributed by atoms with E-state index in [1.54, 1.807) is 29.1 Å². The average Bonchev–Trinajstić information content (AvgIpc) is 2.77. The maximum absolute atomic E-state index is 12.7. The van der Waals surface area contributed by atoms with Crippen molar-refractivity contribution in [2.75, 3.05) is 20.6 Å². The van der Waals surface area contributed by atoms with Crippen molar-refractivity contribution < 1.29 is 4.79 Å². The molecule has 112 valence electrons. The predicted molar refractivity (Wildman–Crippen MR) is 91.1 cm³/mol. The average molecular weight is 436 g/mol. The fraction of sp³-hybridized carbons (Fsp3) is 0.286. The molecule has 0 amide bonds. The van der Waals surface area contributed by atoms with Gasteiger partial charge in [-0.15, -0.1) is 0 Å². The maximum Gasteiger partial charge on any atom is 0.213 e. The second kappa shape index (κ2) is 7.05. The minimum absolute atomic E-state index is 0.143. The number of nitrogens with zero attached hydrogens (tertiary/aromatic N) is 3. The predicted octanol–water partition coefficient (Wildman–Crippen LogP) is 3.85. The quantitative estimate of drug-likeness (QED) is 0.670. The summed E-state index contributed by atoms with van der Waals surface area (Å²) in [6.45, 7) is 1.43. The second-order valence-electron chi connectivity index (χ2n) is 4.82. The van der Waals surface area contributed by atoms with Gasteiger partial charge in [-0.3, -0.25) is 9.48 Å². The summed E-state index contributed by atoms with van der Waals surface area (Å²) in [6, 6.07) is 5.22. The number of halogens is 3. The molecule has 2 rings (SSSR count). The van der Waals surface area contributed by atoms with E-state index < -0.39 is 0 Å². The number of benzene rings is 1. The first kappa shape index (κ1) is 16.7. The van der Waals surface area contributed by atoms with Gasteiger partial charge in [0.1, 0.15) is 5.69 Å². The van der Waals surface area contributed by atoms with E-state index >= 15 is 0 Å². The summed E-state index contributed by atoms with van der Waals surface area (Å²) in [7, 11) is 3.96. The van der Waals surface area contributed by atoms with Gasteiger partial charge in [-0.25, -0.2) is 0 Å². The number of likely N-dealkylation sites (N-methyl/N-ethyl adjacent to an activating group) is 1. The highest BCUT2D eigenvalue weighted by atomic mass is 79.9. The topological polar surface area (TPSA) is 38.1 Å². The minimum Gasteiger partial charge on any atom is -0.308 e. The molecule has 0 spiro atoms. The standard InChI is InChI=1S/C14H14Br2ClN3O/c1-19(2)5-6-20-13(11(16)8-18-20)14(21)10-4-3-9(15)7-12(10)17/h3-4,7-8H,5-6H2,1-2H3.